The molecule has 1 aliphatic rings. The molecule has 0 bridgehead atoms. The highest BCUT2D eigenvalue weighted by Crippen LogP contribution is 2.29. The Balaban J connectivity index is 1.98. The van der Waals surface area contributed by atoms with Gasteiger partial charge in [-0.1, -0.05) is 12.1 Å². The van der Waals surface area contributed by atoms with Crippen LogP contribution in [0.3, 0.4) is 0 Å². The lowest BCUT2D eigenvalue weighted by Crippen LogP contribution is -2.37. The molecule has 1 atom stereocenters. The van der Waals surface area contributed by atoms with Crippen LogP contribution in [0.2, 0.25) is 0 Å². The molecule has 1 aliphatic heterocycles. The van der Waals surface area contributed by atoms with Gasteiger partial charge in [-0.2, -0.15) is 4.99 Å². The van der Waals surface area contributed by atoms with Gasteiger partial charge in [0.1, 0.15) is 5.60 Å². The number of aliphatic imine (C=N–C) groups is 1. The van der Waals surface area contributed by atoms with Gasteiger partial charge < -0.3 is 9.64 Å². The summed E-state index contributed by atoms with van der Waals surface area (Å²) in [6.07, 6.45) is 4.22. The van der Waals surface area contributed by atoms with Crippen LogP contribution in [0.5, 0.6) is 0 Å². The largest absolute Gasteiger partial charge is 0.444 e. The zero-order chi connectivity index (χ0) is 16.9. The predicted octanol–water partition coefficient (Wildman–Crippen LogP) is 4.16. The van der Waals surface area contributed by atoms with Crippen molar-refractivity contribution in [3.8, 4) is 0 Å². The molecule has 0 aliphatic carbocycles. The number of benzene rings is 1. The second-order valence-corrected chi connectivity index (χ2v) is 6.89. The quantitative estimate of drug-likeness (QED) is 0.608. The first kappa shape index (κ1) is 17.2. The lowest BCUT2D eigenvalue weighted by atomic mass is 9.92. The Labute approximate surface area is 137 Å². The molecule has 0 radical (unpaired) electrons. The highest BCUT2D eigenvalue weighted by molar-refractivity contribution is 5.68. The Kier molecular flexibility index (Phi) is 5.56. The topological polar surface area (TPSA) is 59.0 Å². The molecule has 0 aromatic heterocycles. The van der Waals surface area contributed by atoms with Gasteiger partial charge in [0, 0.05) is 13.1 Å². The molecular weight excluding hydrogens is 292 g/mol. The Morgan fingerprint density at radius 1 is 1.22 bits per heavy atom. The van der Waals surface area contributed by atoms with E-state index in [1.807, 2.05) is 45.0 Å². The SMILES string of the molecule is CC(C)(C)OC(=O)N1CCCC(c2ccc(N=C=O)cc2)CC1. The highest BCUT2D eigenvalue weighted by atomic mass is 16.6. The number of rotatable bonds is 2. The minimum Gasteiger partial charge on any atom is -0.444 e. The van der Waals surface area contributed by atoms with E-state index in [0.717, 1.165) is 25.8 Å². The molecule has 1 aromatic carbocycles. The minimum atomic E-state index is -0.461. The number of carbonyl (C=O) groups is 1. The van der Waals surface area contributed by atoms with Crippen LogP contribution in [-0.4, -0.2) is 35.8 Å². The maximum atomic E-state index is 12.2. The Bertz CT molecular complexity index is 583. The number of hydrogen-bond donors (Lipinski definition) is 0. The van der Waals surface area contributed by atoms with Gasteiger partial charge in [-0.05, 0) is 63.6 Å². The molecule has 0 N–H and O–H groups in total. The Morgan fingerprint density at radius 3 is 2.52 bits per heavy atom. The van der Waals surface area contributed by atoms with E-state index in [9.17, 15) is 9.59 Å². The van der Waals surface area contributed by atoms with Gasteiger partial charge in [-0.3, -0.25) is 0 Å². The summed E-state index contributed by atoms with van der Waals surface area (Å²) < 4.78 is 5.45. The van der Waals surface area contributed by atoms with Crippen LogP contribution >= 0.6 is 0 Å². The third kappa shape index (κ3) is 5.22. The van der Waals surface area contributed by atoms with E-state index in [2.05, 4.69) is 4.99 Å². The molecule has 124 valence electrons. The van der Waals surface area contributed by atoms with Crippen molar-refractivity contribution in [3.63, 3.8) is 0 Å². The van der Waals surface area contributed by atoms with Gasteiger partial charge in [0.05, 0.1) is 5.69 Å². The molecule has 1 unspecified atom stereocenters. The third-order valence-electron chi connectivity index (χ3n) is 3.92. The van der Waals surface area contributed by atoms with E-state index >= 15 is 0 Å². The van der Waals surface area contributed by atoms with E-state index < -0.39 is 5.60 Å². The molecule has 1 amide bonds. The van der Waals surface area contributed by atoms with E-state index in [-0.39, 0.29) is 6.09 Å². The van der Waals surface area contributed by atoms with Crippen molar-refractivity contribution in [1.29, 1.82) is 0 Å². The van der Waals surface area contributed by atoms with Crippen molar-refractivity contribution in [2.24, 2.45) is 4.99 Å². The number of amides is 1. The summed E-state index contributed by atoms with van der Waals surface area (Å²) in [4.78, 5) is 27.9. The lowest BCUT2D eigenvalue weighted by molar-refractivity contribution is 0.0256. The molecule has 5 heteroatoms. The van der Waals surface area contributed by atoms with Gasteiger partial charge in [-0.25, -0.2) is 9.59 Å². The molecular formula is C18H24N2O3. The van der Waals surface area contributed by atoms with E-state index in [1.165, 1.54) is 5.56 Å². The fraction of sp³-hybridized carbons (Fsp3) is 0.556. The maximum absolute atomic E-state index is 12.2. The summed E-state index contributed by atoms with van der Waals surface area (Å²) in [5, 5.41) is 0. The van der Waals surface area contributed by atoms with E-state index in [1.54, 1.807) is 11.0 Å². The van der Waals surface area contributed by atoms with Gasteiger partial charge >= 0.3 is 6.09 Å². The zero-order valence-electron chi connectivity index (χ0n) is 14.0. The summed E-state index contributed by atoms with van der Waals surface area (Å²) in [5.41, 5.74) is 1.38. The van der Waals surface area contributed by atoms with Crippen LogP contribution in [0.1, 0.15) is 51.5 Å². The molecule has 5 nitrogen and oxygen atoms in total. The van der Waals surface area contributed by atoms with E-state index in [4.69, 9.17) is 4.74 Å². The summed E-state index contributed by atoms with van der Waals surface area (Å²) in [6.45, 7) is 7.09. The second kappa shape index (κ2) is 7.42. The molecule has 1 heterocycles. The van der Waals surface area contributed by atoms with Crippen LogP contribution in [0.15, 0.2) is 29.3 Å². The first-order valence-electron chi connectivity index (χ1n) is 8.05. The van der Waals surface area contributed by atoms with Gasteiger partial charge in [0.25, 0.3) is 0 Å². The average Bonchev–Trinajstić information content (AvgIpc) is 2.73. The first-order valence-corrected chi connectivity index (χ1v) is 8.05. The minimum absolute atomic E-state index is 0.228. The normalized spacial score (nSPS) is 18.7. The summed E-state index contributed by atoms with van der Waals surface area (Å²) in [7, 11) is 0. The molecule has 0 spiro atoms. The number of carbonyl (C=O) groups excluding carboxylic acids is 2. The Morgan fingerprint density at radius 2 is 1.91 bits per heavy atom. The van der Waals surface area contributed by atoms with Crippen molar-refractivity contribution in [3.05, 3.63) is 29.8 Å². The van der Waals surface area contributed by atoms with Crippen molar-refractivity contribution >= 4 is 17.9 Å². The average molecular weight is 316 g/mol. The number of nitrogens with zero attached hydrogens (tertiary/aromatic N) is 2. The molecule has 23 heavy (non-hydrogen) atoms. The maximum Gasteiger partial charge on any atom is 0.410 e. The fourth-order valence-electron chi connectivity index (χ4n) is 2.81. The number of isocyanates is 1. The standard InChI is InChI=1S/C18H24N2O3/c1-18(2,3)23-17(22)20-11-4-5-14(10-12-20)15-6-8-16(9-7-15)19-13-21/h6-9,14H,4-5,10-12H2,1-3H3. The van der Waals surface area contributed by atoms with Gasteiger partial charge in [-0.15, -0.1) is 0 Å². The first-order chi connectivity index (χ1) is 10.9. The predicted molar refractivity (Wildman–Crippen MR) is 88.6 cm³/mol. The zero-order valence-corrected chi connectivity index (χ0v) is 14.0. The third-order valence-corrected chi connectivity index (χ3v) is 3.92. The van der Waals surface area contributed by atoms with Crippen molar-refractivity contribution in [2.45, 2.75) is 51.6 Å². The molecule has 1 saturated heterocycles. The number of hydrogen-bond acceptors (Lipinski definition) is 4. The Hall–Kier alpha value is -2.13. The summed E-state index contributed by atoms with van der Waals surface area (Å²) in [6, 6.07) is 7.67. The second-order valence-electron chi connectivity index (χ2n) is 6.89. The van der Waals surface area contributed by atoms with Crippen molar-refractivity contribution in [1.82, 2.24) is 4.90 Å². The smallest absolute Gasteiger partial charge is 0.410 e. The lowest BCUT2D eigenvalue weighted by Gasteiger charge is -2.26. The number of likely N-dealkylation sites (tertiary alicyclic amines) is 1. The van der Waals surface area contributed by atoms with Crippen LogP contribution in [0, 0.1) is 0 Å². The van der Waals surface area contributed by atoms with E-state index in [0.29, 0.717) is 18.2 Å². The van der Waals surface area contributed by atoms with Crippen molar-refractivity contribution < 1.29 is 14.3 Å². The molecule has 2 rings (SSSR count). The summed E-state index contributed by atoms with van der Waals surface area (Å²) >= 11 is 0. The fourth-order valence-corrected chi connectivity index (χ4v) is 2.81. The number of ether oxygens (including phenoxy) is 1. The van der Waals surface area contributed by atoms with Crippen LogP contribution in [0.25, 0.3) is 0 Å². The summed E-state index contributed by atoms with van der Waals surface area (Å²) in [5.74, 6) is 0.414. The molecule has 1 fully saturated rings. The van der Waals surface area contributed by atoms with Crippen LogP contribution in [-0.2, 0) is 9.53 Å². The van der Waals surface area contributed by atoms with Gasteiger partial charge in [0.15, 0.2) is 0 Å². The van der Waals surface area contributed by atoms with Crippen molar-refractivity contribution in [2.75, 3.05) is 13.1 Å². The molecule has 0 saturated carbocycles. The highest BCUT2D eigenvalue weighted by Gasteiger charge is 2.25. The van der Waals surface area contributed by atoms with Gasteiger partial charge in [0.2, 0.25) is 6.08 Å². The van der Waals surface area contributed by atoms with Crippen LogP contribution < -0.4 is 0 Å². The van der Waals surface area contributed by atoms with Crippen LogP contribution in [0.4, 0.5) is 10.5 Å². The monoisotopic (exact) mass is 316 g/mol. The molecule has 1 aromatic rings.